The van der Waals surface area contributed by atoms with E-state index in [1.165, 1.54) is 6.07 Å². The Morgan fingerprint density at radius 3 is 2.89 bits per heavy atom. The van der Waals surface area contributed by atoms with Crippen LogP contribution in [0.5, 0.6) is 0 Å². The van der Waals surface area contributed by atoms with Crippen LogP contribution in [0.1, 0.15) is 31.9 Å². The lowest BCUT2D eigenvalue weighted by Crippen LogP contribution is -2.22. The van der Waals surface area contributed by atoms with E-state index in [0.29, 0.717) is 5.56 Å². The van der Waals surface area contributed by atoms with Crippen molar-refractivity contribution in [3.63, 3.8) is 0 Å². The number of nitrogens with one attached hydrogen (secondary N) is 1. The molecule has 1 heterocycles. The third-order valence-corrected chi connectivity index (χ3v) is 3.37. The summed E-state index contributed by atoms with van der Waals surface area (Å²) >= 11 is 3.36. The van der Waals surface area contributed by atoms with Gasteiger partial charge in [0, 0.05) is 17.8 Å². The molecule has 102 valence electrons. The van der Waals surface area contributed by atoms with Crippen molar-refractivity contribution in [3.05, 3.63) is 46.4 Å². The van der Waals surface area contributed by atoms with Crippen LogP contribution in [0.3, 0.4) is 0 Å². The maximum atomic E-state index is 14.1. The second-order valence-corrected chi connectivity index (χ2v) is 5.37. The van der Waals surface area contributed by atoms with E-state index in [1.54, 1.807) is 16.9 Å². The van der Waals surface area contributed by atoms with Gasteiger partial charge in [0.1, 0.15) is 5.82 Å². The fourth-order valence-electron chi connectivity index (χ4n) is 2.05. The lowest BCUT2D eigenvalue weighted by molar-refractivity contribution is 0.523. The van der Waals surface area contributed by atoms with Crippen LogP contribution in [0.4, 0.5) is 4.39 Å². The fourth-order valence-corrected chi connectivity index (χ4v) is 2.34. The van der Waals surface area contributed by atoms with Crippen molar-refractivity contribution in [1.82, 2.24) is 15.1 Å². The summed E-state index contributed by atoms with van der Waals surface area (Å²) in [5, 5.41) is 7.54. The summed E-state index contributed by atoms with van der Waals surface area (Å²) < 4.78 is 16.7. The second kappa shape index (κ2) is 6.30. The molecular formula is C14H17BrFN3. The Balaban J connectivity index is 2.41. The molecule has 0 aliphatic carbocycles. The van der Waals surface area contributed by atoms with Gasteiger partial charge in [-0.05, 0) is 48.0 Å². The van der Waals surface area contributed by atoms with Gasteiger partial charge in [-0.3, -0.25) is 0 Å². The summed E-state index contributed by atoms with van der Waals surface area (Å²) in [7, 11) is 0. The number of aromatic nitrogens is 2. The van der Waals surface area contributed by atoms with E-state index in [-0.39, 0.29) is 11.9 Å². The molecule has 5 heteroatoms. The number of hydrogen-bond acceptors (Lipinski definition) is 2. The molecule has 1 atom stereocenters. The Kier molecular flexibility index (Phi) is 4.71. The number of benzene rings is 1. The fraction of sp³-hybridized carbons (Fsp3) is 0.357. The lowest BCUT2D eigenvalue weighted by Gasteiger charge is -2.18. The molecule has 0 saturated heterocycles. The molecule has 0 aliphatic heterocycles. The normalized spacial score (nSPS) is 12.6. The van der Waals surface area contributed by atoms with Crippen LogP contribution in [0.25, 0.3) is 5.69 Å². The van der Waals surface area contributed by atoms with E-state index in [0.717, 1.165) is 23.1 Å². The third kappa shape index (κ3) is 3.22. The van der Waals surface area contributed by atoms with Crippen LogP contribution >= 0.6 is 15.9 Å². The van der Waals surface area contributed by atoms with Crippen LogP contribution in [0.15, 0.2) is 35.1 Å². The first-order valence-corrected chi connectivity index (χ1v) is 7.15. The lowest BCUT2D eigenvalue weighted by atomic mass is 10.1. The Hall–Kier alpha value is -1.20. The van der Waals surface area contributed by atoms with Crippen molar-refractivity contribution in [3.8, 4) is 5.69 Å². The topological polar surface area (TPSA) is 29.9 Å². The van der Waals surface area contributed by atoms with Gasteiger partial charge < -0.3 is 5.32 Å². The van der Waals surface area contributed by atoms with Gasteiger partial charge in [0.25, 0.3) is 0 Å². The zero-order chi connectivity index (χ0) is 13.8. The highest BCUT2D eigenvalue weighted by Crippen LogP contribution is 2.25. The number of hydrogen-bond donors (Lipinski definition) is 1. The standard InChI is InChI=1S/C14H17BrFN3/c1-3-7-17-10(2)14-12(16)5-4-6-13(14)19-9-11(15)8-18-19/h4-6,8-10,17H,3,7H2,1-2H3. The molecule has 0 aliphatic rings. The zero-order valence-electron chi connectivity index (χ0n) is 11.0. The van der Waals surface area contributed by atoms with E-state index in [1.807, 2.05) is 19.2 Å². The number of nitrogens with zero attached hydrogens (tertiary/aromatic N) is 2. The minimum Gasteiger partial charge on any atom is -0.310 e. The van der Waals surface area contributed by atoms with E-state index >= 15 is 0 Å². The molecule has 1 aromatic heterocycles. The molecule has 1 N–H and O–H groups in total. The van der Waals surface area contributed by atoms with Crippen LogP contribution in [0, 0.1) is 5.82 Å². The Bertz CT molecular complexity index is 553. The Morgan fingerprint density at radius 2 is 2.26 bits per heavy atom. The first-order valence-electron chi connectivity index (χ1n) is 6.35. The van der Waals surface area contributed by atoms with Gasteiger partial charge in [0.2, 0.25) is 0 Å². The van der Waals surface area contributed by atoms with Gasteiger partial charge >= 0.3 is 0 Å². The minimum atomic E-state index is -0.208. The van der Waals surface area contributed by atoms with Crippen molar-refractivity contribution in [2.75, 3.05) is 6.54 Å². The minimum absolute atomic E-state index is 0.0564. The maximum absolute atomic E-state index is 14.1. The monoisotopic (exact) mass is 325 g/mol. The second-order valence-electron chi connectivity index (χ2n) is 4.45. The van der Waals surface area contributed by atoms with Crippen LogP contribution in [0.2, 0.25) is 0 Å². The molecule has 2 aromatic rings. The number of rotatable bonds is 5. The molecule has 1 unspecified atom stereocenters. The van der Waals surface area contributed by atoms with Crippen molar-refractivity contribution >= 4 is 15.9 Å². The summed E-state index contributed by atoms with van der Waals surface area (Å²) in [4.78, 5) is 0. The quantitative estimate of drug-likeness (QED) is 0.905. The largest absolute Gasteiger partial charge is 0.310 e. The molecule has 3 nitrogen and oxygen atoms in total. The van der Waals surface area contributed by atoms with Crippen molar-refractivity contribution in [2.45, 2.75) is 26.3 Å². The first kappa shape index (κ1) is 14.2. The van der Waals surface area contributed by atoms with Gasteiger partial charge in [-0.25, -0.2) is 9.07 Å². The highest BCUT2D eigenvalue weighted by Gasteiger charge is 2.16. The van der Waals surface area contributed by atoms with E-state index < -0.39 is 0 Å². The van der Waals surface area contributed by atoms with E-state index in [4.69, 9.17) is 0 Å². The summed E-state index contributed by atoms with van der Waals surface area (Å²) in [5.74, 6) is -0.208. The van der Waals surface area contributed by atoms with Crippen molar-refractivity contribution in [1.29, 1.82) is 0 Å². The molecule has 0 saturated carbocycles. The Morgan fingerprint density at radius 1 is 1.47 bits per heavy atom. The zero-order valence-corrected chi connectivity index (χ0v) is 12.6. The maximum Gasteiger partial charge on any atom is 0.130 e. The molecule has 2 rings (SSSR count). The van der Waals surface area contributed by atoms with Crippen molar-refractivity contribution < 1.29 is 4.39 Å². The van der Waals surface area contributed by atoms with Gasteiger partial charge in [-0.15, -0.1) is 0 Å². The average molecular weight is 326 g/mol. The first-order chi connectivity index (χ1) is 9.13. The van der Waals surface area contributed by atoms with E-state index in [2.05, 4.69) is 33.3 Å². The van der Waals surface area contributed by atoms with Gasteiger partial charge in [-0.1, -0.05) is 13.0 Å². The highest BCUT2D eigenvalue weighted by atomic mass is 79.9. The van der Waals surface area contributed by atoms with E-state index in [9.17, 15) is 4.39 Å². The summed E-state index contributed by atoms with van der Waals surface area (Å²) in [6, 6.07) is 5.01. The molecular weight excluding hydrogens is 309 g/mol. The summed E-state index contributed by atoms with van der Waals surface area (Å²) in [6.45, 7) is 4.92. The number of halogens is 2. The smallest absolute Gasteiger partial charge is 0.130 e. The van der Waals surface area contributed by atoms with Gasteiger partial charge in [0.05, 0.1) is 16.4 Å². The molecule has 0 radical (unpaired) electrons. The highest BCUT2D eigenvalue weighted by molar-refractivity contribution is 9.10. The molecule has 0 bridgehead atoms. The molecule has 0 fully saturated rings. The van der Waals surface area contributed by atoms with Crippen molar-refractivity contribution in [2.24, 2.45) is 0 Å². The molecule has 0 spiro atoms. The third-order valence-electron chi connectivity index (χ3n) is 2.96. The summed E-state index contributed by atoms with van der Waals surface area (Å²) in [6.07, 6.45) is 4.53. The predicted octanol–water partition coefficient (Wildman–Crippen LogP) is 3.83. The Labute approximate surface area is 121 Å². The van der Waals surface area contributed by atoms with Crippen LogP contribution < -0.4 is 5.32 Å². The summed E-state index contributed by atoms with van der Waals surface area (Å²) in [5.41, 5.74) is 1.41. The molecule has 1 aromatic carbocycles. The SMILES string of the molecule is CCCNC(C)c1c(F)cccc1-n1cc(Br)cn1. The van der Waals surface area contributed by atoms with Crippen LogP contribution in [-0.4, -0.2) is 16.3 Å². The van der Waals surface area contributed by atoms with Crippen LogP contribution in [-0.2, 0) is 0 Å². The predicted molar refractivity (Wildman–Crippen MR) is 77.9 cm³/mol. The van der Waals surface area contributed by atoms with Gasteiger partial charge in [0.15, 0.2) is 0 Å². The van der Waals surface area contributed by atoms with Gasteiger partial charge in [-0.2, -0.15) is 5.10 Å². The average Bonchev–Trinajstić information content (AvgIpc) is 2.82. The molecule has 19 heavy (non-hydrogen) atoms. The molecule has 0 amide bonds.